The average molecular weight is 284 g/mol. The first kappa shape index (κ1) is 17.4. The molecular weight excluding hydrogens is 252 g/mol. The van der Waals surface area contributed by atoms with E-state index in [1.54, 1.807) is 0 Å². The minimum Gasteiger partial charge on any atom is -0.378 e. The van der Waals surface area contributed by atoms with E-state index in [1.807, 2.05) is 20.8 Å². The Morgan fingerprint density at radius 3 is 2.40 bits per heavy atom. The molecule has 20 heavy (non-hydrogen) atoms. The molecule has 0 heterocycles. The van der Waals surface area contributed by atoms with Crippen LogP contribution in [0.15, 0.2) is 0 Å². The fourth-order valence-electron chi connectivity index (χ4n) is 2.53. The van der Waals surface area contributed by atoms with Gasteiger partial charge in [-0.25, -0.2) is 0 Å². The van der Waals surface area contributed by atoms with Gasteiger partial charge < -0.3 is 15.8 Å². The molecule has 1 aliphatic rings. The van der Waals surface area contributed by atoms with Gasteiger partial charge in [-0.2, -0.15) is 0 Å². The van der Waals surface area contributed by atoms with Gasteiger partial charge in [0.05, 0.1) is 6.10 Å². The number of hydrogen-bond donors (Lipinski definition) is 2. The Morgan fingerprint density at radius 2 is 2.00 bits per heavy atom. The number of nitrogens with one attached hydrogen (secondary N) is 1. The van der Waals surface area contributed by atoms with Crippen LogP contribution in [0.25, 0.3) is 0 Å². The summed E-state index contributed by atoms with van der Waals surface area (Å²) in [5.74, 6) is 0.357. The molecule has 0 saturated heterocycles. The second kappa shape index (κ2) is 5.64. The van der Waals surface area contributed by atoms with E-state index in [-0.39, 0.29) is 22.8 Å². The highest BCUT2D eigenvalue weighted by Crippen LogP contribution is 2.49. The van der Waals surface area contributed by atoms with E-state index >= 15 is 0 Å². The Hall–Kier alpha value is -0.610. The van der Waals surface area contributed by atoms with Crippen molar-refractivity contribution in [2.75, 3.05) is 13.2 Å². The number of nitrogens with two attached hydrogens (primary N) is 1. The second-order valence-electron chi connectivity index (χ2n) is 7.82. The Labute approximate surface area is 123 Å². The summed E-state index contributed by atoms with van der Waals surface area (Å²) in [7, 11) is 0. The van der Waals surface area contributed by atoms with Crippen LogP contribution in [0.2, 0.25) is 0 Å². The third-order valence-corrected chi connectivity index (χ3v) is 5.28. The third kappa shape index (κ3) is 3.01. The molecule has 1 fully saturated rings. The van der Waals surface area contributed by atoms with E-state index < -0.39 is 5.54 Å². The number of carbonyl (C=O) groups excluding carboxylic acids is 1. The highest BCUT2D eigenvalue weighted by atomic mass is 16.5. The van der Waals surface area contributed by atoms with Gasteiger partial charge in [0.15, 0.2) is 0 Å². The molecule has 0 spiro atoms. The van der Waals surface area contributed by atoms with Crippen molar-refractivity contribution in [3.05, 3.63) is 0 Å². The summed E-state index contributed by atoms with van der Waals surface area (Å²) in [6.45, 7) is 16.0. The first-order chi connectivity index (χ1) is 8.96. The van der Waals surface area contributed by atoms with Gasteiger partial charge in [0.25, 0.3) is 0 Å². The predicted octanol–water partition coefficient (Wildman–Crippen LogP) is 2.32. The number of amides is 1. The number of rotatable bonds is 5. The molecule has 0 aromatic rings. The maximum Gasteiger partial charge on any atom is 0.240 e. The van der Waals surface area contributed by atoms with Gasteiger partial charge in [0.2, 0.25) is 5.91 Å². The van der Waals surface area contributed by atoms with E-state index in [9.17, 15) is 4.79 Å². The Kier molecular flexibility index (Phi) is 4.92. The standard InChI is InChI=1S/C16H32N2O2/c1-8-20-12-9-16(17,15(12,6)7)13(19)18-10-11(2)14(3,4)5/h11-12H,8-10,17H2,1-7H3,(H,18,19). The van der Waals surface area contributed by atoms with Crippen LogP contribution in [0.4, 0.5) is 0 Å². The normalized spacial score (nSPS) is 30.5. The second-order valence-corrected chi connectivity index (χ2v) is 7.82. The highest BCUT2D eigenvalue weighted by molar-refractivity contribution is 5.88. The smallest absolute Gasteiger partial charge is 0.240 e. The fraction of sp³-hybridized carbons (Fsp3) is 0.938. The maximum atomic E-state index is 12.5. The van der Waals surface area contributed by atoms with Gasteiger partial charge in [-0.1, -0.05) is 41.5 Å². The molecule has 0 aromatic carbocycles. The molecule has 0 radical (unpaired) electrons. The Morgan fingerprint density at radius 1 is 1.45 bits per heavy atom. The highest BCUT2D eigenvalue weighted by Gasteiger charge is 2.62. The molecular formula is C16H32N2O2. The first-order valence-corrected chi connectivity index (χ1v) is 7.65. The zero-order valence-electron chi connectivity index (χ0n) is 14.2. The zero-order chi connectivity index (χ0) is 15.8. The number of carbonyl (C=O) groups is 1. The SMILES string of the molecule is CCOC1CC(N)(C(=O)NCC(C)C(C)(C)C)C1(C)C. The zero-order valence-corrected chi connectivity index (χ0v) is 14.2. The largest absolute Gasteiger partial charge is 0.378 e. The number of ether oxygens (including phenoxy) is 1. The van der Waals surface area contributed by atoms with Gasteiger partial charge in [0.1, 0.15) is 5.54 Å². The van der Waals surface area contributed by atoms with Crippen LogP contribution in [0.1, 0.15) is 54.9 Å². The molecule has 1 amide bonds. The van der Waals surface area contributed by atoms with Gasteiger partial charge in [-0.15, -0.1) is 0 Å². The average Bonchev–Trinajstić information content (AvgIpc) is 2.33. The molecule has 3 unspecified atom stereocenters. The van der Waals surface area contributed by atoms with Crippen LogP contribution in [0, 0.1) is 16.7 Å². The molecule has 4 heteroatoms. The van der Waals surface area contributed by atoms with E-state index in [4.69, 9.17) is 10.5 Å². The lowest BCUT2D eigenvalue weighted by molar-refractivity contribution is -0.170. The molecule has 3 N–H and O–H groups in total. The number of hydrogen-bond acceptors (Lipinski definition) is 3. The van der Waals surface area contributed by atoms with Crippen LogP contribution in [-0.4, -0.2) is 30.7 Å². The monoisotopic (exact) mass is 284 g/mol. The molecule has 1 rings (SSSR count). The Balaban J connectivity index is 2.61. The summed E-state index contributed by atoms with van der Waals surface area (Å²) < 4.78 is 5.66. The molecule has 3 atom stereocenters. The quantitative estimate of drug-likeness (QED) is 0.814. The molecule has 4 nitrogen and oxygen atoms in total. The topological polar surface area (TPSA) is 64.3 Å². The molecule has 0 aromatic heterocycles. The summed E-state index contributed by atoms with van der Waals surface area (Å²) in [4.78, 5) is 12.5. The first-order valence-electron chi connectivity index (χ1n) is 7.65. The minimum absolute atomic E-state index is 0.0467. The van der Waals surface area contributed by atoms with Crippen molar-refractivity contribution in [1.29, 1.82) is 0 Å². The van der Waals surface area contributed by atoms with Gasteiger partial charge >= 0.3 is 0 Å². The van der Waals surface area contributed by atoms with Gasteiger partial charge in [-0.3, -0.25) is 4.79 Å². The summed E-state index contributed by atoms with van der Waals surface area (Å²) in [6, 6.07) is 0. The van der Waals surface area contributed by atoms with Crippen molar-refractivity contribution in [3.8, 4) is 0 Å². The molecule has 118 valence electrons. The van der Waals surface area contributed by atoms with Crippen molar-refractivity contribution < 1.29 is 9.53 Å². The predicted molar refractivity (Wildman–Crippen MR) is 82.4 cm³/mol. The lowest BCUT2D eigenvalue weighted by Gasteiger charge is -2.57. The summed E-state index contributed by atoms with van der Waals surface area (Å²) in [5.41, 5.74) is 5.39. The van der Waals surface area contributed by atoms with Crippen LogP contribution in [-0.2, 0) is 9.53 Å². The minimum atomic E-state index is -0.815. The van der Waals surface area contributed by atoms with E-state index in [1.165, 1.54) is 0 Å². The van der Waals surface area contributed by atoms with Crippen molar-refractivity contribution in [2.45, 2.75) is 66.5 Å². The van der Waals surface area contributed by atoms with E-state index in [0.717, 1.165) is 0 Å². The van der Waals surface area contributed by atoms with Crippen LogP contribution < -0.4 is 11.1 Å². The lowest BCUT2D eigenvalue weighted by atomic mass is 9.54. The van der Waals surface area contributed by atoms with Crippen molar-refractivity contribution in [1.82, 2.24) is 5.32 Å². The summed E-state index contributed by atoms with van der Waals surface area (Å²) >= 11 is 0. The summed E-state index contributed by atoms with van der Waals surface area (Å²) in [5, 5.41) is 3.03. The maximum absolute atomic E-state index is 12.5. The van der Waals surface area contributed by atoms with Gasteiger partial charge in [0, 0.05) is 25.0 Å². The van der Waals surface area contributed by atoms with Gasteiger partial charge in [-0.05, 0) is 18.3 Å². The molecule has 1 aliphatic carbocycles. The molecule has 0 aliphatic heterocycles. The molecule has 0 bridgehead atoms. The van der Waals surface area contributed by atoms with E-state index in [2.05, 4.69) is 33.0 Å². The third-order valence-electron chi connectivity index (χ3n) is 5.28. The molecule has 1 saturated carbocycles. The van der Waals surface area contributed by atoms with Crippen molar-refractivity contribution in [3.63, 3.8) is 0 Å². The fourth-order valence-corrected chi connectivity index (χ4v) is 2.53. The van der Waals surface area contributed by atoms with Crippen molar-refractivity contribution in [2.24, 2.45) is 22.5 Å². The lowest BCUT2D eigenvalue weighted by Crippen LogP contribution is -2.76. The van der Waals surface area contributed by atoms with Crippen molar-refractivity contribution >= 4 is 5.91 Å². The van der Waals surface area contributed by atoms with Crippen LogP contribution >= 0.6 is 0 Å². The van der Waals surface area contributed by atoms with Crippen LogP contribution in [0.3, 0.4) is 0 Å². The van der Waals surface area contributed by atoms with E-state index in [0.29, 0.717) is 25.5 Å². The Bertz CT molecular complexity index is 360. The van der Waals surface area contributed by atoms with Crippen LogP contribution in [0.5, 0.6) is 0 Å². The summed E-state index contributed by atoms with van der Waals surface area (Å²) in [6.07, 6.45) is 0.673.